The Morgan fingerprint density at radius 1 is 1.27 bits per heavy atom. The molecule has 0 unspecified atom stereocenters. The summed E-state index contributed by atoms with van der Waals surface area (Å²) in [6, 6.07) is 6.39. The number of amides is 1. The monoisotopic (exact) mass is 305 g/mol. The van der Waals surface area contributed by atoms with E-state index in [0.29, 0.717) is 6.54 Å². The summed E-state index contributed by atoms with van der Waals surface area (Å²) in [7, 11) is 0. The Balaban J connectivity index is 1.78. The third kappa shape index (κ3) is 3.02. The van der Waals surface area contributed by atoms with Gasteiger partial charge in [0.15, 0.2) is 0 Å². The number of fused-ring (bicyclic) bond motifs is 2. The molecule has 3 rings (SSSR count). The zero-order valence-electron chi connectivity index (χ0n) is 13.5. The number of benzene rings is 1. The van der Waals surface area contributed by atoms with Crippen LogP contribution in [0.4, 0.5) is 4.39 Å². The smallest absolute Gasteiger partial charge is 0.229 e. The van der Waals surface area contributed by atoms with Crippen LogP contribution in [0, 0.1) is 11.7 Å². The maximum atomic E-state index is 13.1. The van der Waals surface area contributed by atoms with Gasteiger partial charge in [-0.3, -0.25) is 4.79 Å². The average molecular weight is 305 g/mol. The lowest BCUT2D eigenvalue weighted by molar-refractivity contribution is -0.143. The molecule has 1 aromatic rings. The maximum absolute atomic E-state index is 13.1. The first kappa shape index (κ1) is 15.5. The van der Waals surface area contributed by atoms with Crippen molar-refractivity contribution in [3.05, 3.63) is 35.6 Å². The minimum atomic E-state index is -0.271. The number of hydrogen-bond acceptors (Lipinski definition) is 2. The van der Waals surface area contributed by atoms with Crippen LogP contribution in [0.25, 0.3) is 0 Å². The molecule has 0 saturated carbocycles. The quantitative estimate of drug-likeness (QED) is 0.855. The minimum absolute atomic E-state index is 0.0153. The number of halogens is 1. The molecule has 0 spiro atoms. The van der Waals surface area contributed by atoms with Crippen LogP contribution in [0.3, 0.4) is 0 Å². The second kappa shape index (κ2) is 5.65. The van der Waals surface area contributed by atoms with Crippen LogP contribution in [0.15, 0.2) is 24.3 Å². The molecule has 3 nitrogen and oxygen atoms in total. The van der Waals surface area contributed by atoms with Crippen LogP contribution in [0.2, 0.25) is 0 Å². The van der Waals surface area contributed by atoms with Crippen molar-refractivity contribution in [1.82, 2.24) is 4.90 Å². The van der Waals surface area contributed by atoms with Crippen LogP contribution in [-0.2, 0) is 16.1 Å². The van der Waals surface area contributed by atoms with Crippen molar-refractivity contribution in [3.8, 4) is 0 Å². The number of carbonyl (C=O) groups excluding carboxylic acids is 1. The van der Waals surface area contributed by atoms with E-state index < -0.39 is 0 Å². The van der Waals surface area contributed by atoms with Gasteiger partial charge in [-0.25, -0.2) is 4.39 Å². The molecule has 0 N–H and O–H groups in total. The van der Waals surface area contributed by atoms with Gasteiger partial charge in [0.1, 0.15) is 5.82 Å². The summed E-state index contributed by atoms with van der Waals surface area (Å²) in [4.78, 5) is 14.9. The summed E-state index contributed by atoms with van der Waals surface area (Å²) in [5.41, 5.74) is 0.682. The highest BCUT2D eigenvalue weighted by atomic mass is 19.1. The number of ether oxygens (including phenoxy) is 1. The molecule has 0 radical (unpaired) electrons. The second-order valence-corrected chi connectivity index (χ2v) is 7.44. The van der Waals surface area contributed by atoms with E-state index in [9.17, 15) is 9.18 Å². The van der Waals surface area contributed by atoms with Crippen molar-refractivity contribution in [2.24, 2.45) is 5.92 Å². The lowest BCUT2D eigenvalue weighted by Crippen LogP contribution is -2.49. The van der Waals surface area contributed by atoms with E-state index >= 15 is 0 Å². The molecule has 1 aromatic carbocycles. The molecule has 2 bridgehead atoms. The normalized spacial score (nSPS) is 27.2. The fraction of sp³-hybridized carbons (Fsp3) is 0.611. The molecule has 0 aromatic heterocycles. The van der Waals surface area contributed by atoms with Gasteiger partial charge in [0, 0.05) is 12.1 Å². The first-order valence-electron chi connectivity index (χ1n) is 8.06. The summed E-state index contributed by atoms with van der Waals surface area (Å²) in [6.45, 7) is 6.64. The van der Waals surface area contributed by atoms with Crippen molar-refractivity contribution in [1.29, 1.82) is 0 Å². The van der Waals surface area contributed by atoms with Crippen molar-refractivity contribution < 1.29 is 13.9 Å². The van der Waals surface area contributed by atoms with Gasteiger partial charge < -0.3 is 9.64 Å². The van der Waals surface area contributed by atoms with Gasteiger partial charge in [-0.05, 0) is 57.7 Å². The Morgan fingerprint density at radius 3 is 2.45 bits per heavy atom. The van der Waals surface area contributed by atoms with Gasteiger partial charge in [-0.2, -0.15) is 0 Å². The fourth-order valence-corrected chi connectivity index (χ4v) is 3.52. The summed E-state index contributed by atoms with van der Waals surface area (Å²) >= 11 is 0. The molecule has 3 atom stereocenters. The summed E-state index contributed by atoms with van der Waals surface area (Å²) in [5, 5.41) is 0. The highest BCUT2D eigenvalue weighted by molar-refractivity contribution is 5.80. The lowest BCUT2D eigenvalue weighted by atomic mass is 9.87. The molecule has 2 aliphatic heterocycles. The van der Waals surface area contributed by atoms with Gasteiger partial charge in [0.25, 0.3) is 0 Å². The number of rotatable bonds is 3. The fourth-order valence-electron chi connectivity index (χ4n) is 3.52. The molecule has 22 heavy (non-hydrogen) atoms. The Morgan fingerprint density at radius 2 is 1.95 bits per heavy atom. The van der Waals surface area contributed by atoms with Gasteiger partial charge in [-0.1, -0.05) is 12.1 Å². The molecule has 2 fully saturated rings. The molecule has 120 valence electrons. The Hall–Kier alpha value is -1.42. The van der Waals surface area contributed by atoms with Gasteiger partial charge in [-0.15, -0.1) is 0 Å². The Bertz CT molecular complexity index is 549. The van der Waals surface area contributed by atoms with E-state index in [4.69, 9.17) is 4.74 Å². The molecule has 1 amide bonds. The molecular weight excluding hydrogens is 281 g/mol. The standard InChI is InChI=1S/C18H24FNO2/c1-18(2,3)20(11-12-4-6-13(19)7-5-12)17(21)15-10-14-8-9-16(15)22-14/h4-7,14-16H,8-11H2,1-3H3/t14-,15+,16-/m1/s1. The number of carbonyl (C=O) groups is 1. The second-order valence-electron chi connectivity index (χ2n) is 7.44. The van der Waals surface area contributed by atoms with E-state index in [1.54, 1.807) is 12.1 Å². The molecular formula is C18H24FNO2. The molecule has 2 saturated heterocycles. The molecule has 2 aliphatic rings. The molecule has 4 heteroatoms. The highest BCUT2D eigenvalue weighted by Gasteiger charge is 2.47. The third-order valence-electron chi connectivity index (χ3n) is 4.75. The summed E-state index contributed by atoms with van der Waals surface area (Å²) in [5.74, 6) is -0.0960. The first-order valence-corrected chi connectivity index (χ1v) is 8.06. The number of hydrogen-bond donors (Lipinski definition) is 0. The van der Waals surface area contributed by atoms with Gasteiger partial charge in [0.05, 0.1) is 18.1 Å². The topological polar surface area (TPSA) is 29.5 Å². The SMILES string of the molecule is CC(C)(C)N(Cc1ccc(F)cc1)C(=O)[C@H]1C[C@H]2CC[C@H]1O2. The average Bonchev–Trinajstić information content (AvgIpc) is 3.07. The summed E-state index contributed by atoms with van der Waals surface area (Å²) in [6.07, 6.45) is 3.29. The van der Waals surface area contributed by atoms with E-state index in [0.717, 1.165) is 24.8 Å². The van der Waals surface area contributed by atoms with Crippen molar-refractivity contribution >= 4 is 5.91 Å². The predicted molar refractivity (Wildman–Crippen MR) is 82.7 cm³/mol. The Kier molecular flexibility index (Phi) is 3.98. The lowest BCUT2D eigenvalue weighted by Gasteiger charge is -2.38. The van der Waals surface area contributed by atoms with E-state index in [2.05, 4.69) is 0 Å². The van der Waals surface area contributed by atoms with Crippen LogP contribution in [0.5, 0.6) is 0 Å². The van der Waals surface area contributed by atoms with E-state index in [1.165, 1.54) is 12.1 Å². The van der Waals surface area contributed by atoms with Crippen molar-refractivity contribution in [2.45, 2.75) is 64.3 Å². The van der Waals surface area contributed by atoms with Crippen LogP contribution in [-0.4, -0.2) is 28.6 Å². The number of nitrogens with zero attached hydrogens (tertiary/aromatic N) is 1. The predicted octanol–water partition coefficient (Wildman–Crippen LogP) is 3.52. The van der Waals surface area contributed by atoms with Crippen molar-refractivity contribution in [3.63, 3.8) is 0 Å². The van der Waals surface area contributed by atoms with Gasteiger partial charge >= 0.3 is 0 Å². The highest BCUT2D eigenvalue weighted by Crippen LogP contribution is 2.40. The maximum Gasteiger partial charge on any atom is 0.229 e. The summed E-state index contributed by atoms with van der Waals surface area (Å²) < 4.78 is 18.9. The third-order valence-corrected chi connectivity index (χ3v) is 4.75. The van der Waals surface area contributed by atoms with E-state index in [1.807, 2.05) is 25.7 Å². The Labute approximate surface area is 131 Å². The zero-order chi connectivity index (χ0) is 15.9. The van der Waals surface area contributed by atoms with Crippen molar-refractivity contribution in [2.75, 3.05) is 0 Å². The zero-order valence-corrected chi connectivity index (χ0v) is 13.5. The van der Waals surface area contributed by atoms with Crippen LogP contribution in [0.1, 0.15) is 45.6 Å². The minimum Gasteiger partial charge on any atom is -0.374 e. The largest absolute Gasteiger partial charge is 0.374 e. The van der Waals surface area contributed by atoms with Gasteiger partial charge in [0.2, 0.25) is 5.91 Å². The molecule has 2 heterocycles. The van der Waals surface area contributed by atoms with Crippen LogP contribution < -0.4 is 0 Å². The van der Waals surface area contributed by atoms with E-state index in [-0.39, 0.29) is 35.4 Å². The molecule has 0 aliphatic carbocycles. The first-order chi connectivity index (χ1) is 10.3. The van der Waals surface area contributed by atoms with Crippen LogP contribution >= 0.6 is 0 Å².